The van der Waals surface area contributed by atoms with Crippen LogP contribution in [0.5, 0.6) is 5.75 Å². The van der Waals surface area contributed by atoms with E-state index in [9.17, 15) is 13.5 Å². The highest BCUT2D eigenvalue weighted by molar-refractivity contribution is 7.90. The lowest BCUT2D eigenvalue weighted by Crippen LogP contribution is -2.04. The van der Waals surface area contributed by atoms with Gasteiger partial charge in [0.05, 0.1) is 11.5 Å². The Kier molecular flexibility index (Phi) is 4.65. The average Bonchev–Trinajstić information content (AvgIpc) is 2.47. The van der Waals surface area contributed by atoms with Crippen molar-refractivity contribution in [1.29, 1.82) is 0 Å². The Labute approximate surface area is 124 Å². The molecule has 2 aromatic rings. The van der Waals surface area contributed by atoms with Crippen molar-refractivity contribution in [2.75, 3.05) is 12.9 Å². The number of hydrogen-bond donors (Lipinski definition) is 1. The van der Waals surface area contributed by atoms with Gasteiger partial charge in [0.1, 0.15) is 11.9 Å². The van der Waals surface area contributed by atoms with E-state index in [0.29, 0.717) is 23.5 Å². The zero-order chi connectivity index (χ0) is 15.5. The molecule has 0 spiro atoms. The minimum Gasteiger partial charge on any atom is -0.493 e. The molecule has 0 radical (unpaired) electrons. The monoisotopic (exact) mass is 306 g/mol. The molecule has 1 unspecified atom stereocenters. The third-order valence-electron chi connectivity index (χ3n) is 3.14. The van der Waals surface area contributed by atoms with E-state index in [2.05, 4.69) is 0 Å². The molecule has 0 amide bonds. The van der Waals surface area contributed by atoms with Crippen LogP contribution in [0.1, 0.15) is 24.2 Å². The Balaban J connectivity index is 2.34. The standard InChI is InChI=1S/C16H18O4S/c1-3-20-15-7-5-4-6-14(15)16(17)12-8-10-13(11-9-12)21(2,18)19/h4-11,16-17H,3H2,1-2H3. The molecule has 0 saturated carbocycles. The lowest BCUT2D eigenvalue weighted by molar-refractivity contribution is 0.212. The van der Waals surface area contributed by atoms with Crippen molar-refractivity contribution in [3.8, 4) is 5.75 Å². The van der Waals surface area contributed by atoms with Crippen LogP contribution in [0.2, 0.25) is 0 Å². The number of hydrogen-bond acceptors (Lipinski definition) is 4. The summed E-state index contributed by atoms with van der Waals surface area (Å²) in [5, 5.41) is 10.5. The first-order chi connectivity index (χ1) is 9.93. The minimum absolute atomic E-state index is 0.233. The van der Waals surface area contributed by atoms with Gasteiger partial charge in [-0.05, 0) is 30.7 Å². The Morgan fingerprint density at radius 1 is 1.10 bits per heavy atom. The van der Waals surface area contributed by atoms with Crippen LogP contribution in [0.25, 0.3) is 0 Å². The first-order valence-electron chi connectivity index (χ1n) is 6.63. The van der Waals surface area contributed by atoms with Crippen LogP contribution in [0.4, 0.5) is 0 Å². The van der Waals surface area contributed by atoms with Gasteiger partial charge in [0, 0.05) is 11.8 Å². The number of aliphatic hydroxyl groups excluding tert-OH is 1. The molecule has 0 aliphatic carbocycles. The van der Waals surface area contributed by atoms with E-state index in [-0.39, 0.29) is 4.90 Å². The molecule has 0 bridgehead atoms. The van der Waals surface area contributed by atoms with Gasteiger partial charge in [0.15, 0.2) is 9.84 Å². The molecule has 0 aromatic heterocycles. The van der Waals surface area contributed by atoms with Gasteiger partial charge in [-0.15, -0.1) is 0 Å². The van der Waals surface area contributed by atoms with Crippen molar-refractivity contribution in [2.24, 2.45) is 0 Å². The molecular formula is C16H18O4S. The smallest absolute Gasteiger partial charge is 0.175 e. The summed E-state index contributed by atoms with van der Waals surface area (Å²) < 4.78 is 28.4. The molecule has 0 saturated heterocycles. The molecule has 2 aromatic carbocycles. The summed E-state index contributed by atoms with van der Waals surface area (Å²) in [6.45, 7) is 2.39. The van der Waals surface area contributed by atoms with Gasteiger partial charge < -0.3 is 9.84 Å². The van der Waals surface area contributed by atoms with E-state index in [4.69, 9.17) is 4.74 Å². The van der Waals surface area contributed by atoms with Crippen molar-refractivity contribution in [2.45, 2.75) is 17.9 Å². The molecule has 0 heterocycles. The Morgan fingerprint density at radius 3 is 2.29 bits per heavy atom. The molecule has 4 nitrogen and oxygen atoms in total. The molecule has 0 aliphatic rings. The summed E-state index contributed by atoms with van der Waals surface area (Å²) >= 11 is 0. The van der Waals surface area contributed by atoms with Crippen molar-refractivity contribution < 1.29 is 18.3 Å². The Hall–Kier alpha value is -1.85. The third kappa shape index (κ3) is 3.62. The van der Waals surface area contributed by atoms with Crippen LogP contribution in [0.15, 0.2) is 53.4 Å². The first-order valence-corrected chi connectivity index (χ1v) is 8.52. The highest BCUT2D eigenvalue weighted by Gasteiger charge is 2.16. The van der Waals surface area contributed by atoms with Crippen LogP contribution in [-0.2, 0) is 9.84 Å². The fourth-order valence-corrected chi connectivity index (χ4v) is 2.70. The summed E-state index contributed by atoms with van der Waals surface area (Å²) in [6, 6.07) is 13.5. The van der Waals surface area contributed by atoms with Crippen LogP contribution in [0, 0.1) is 0 Å². The van der Waals surface area contributed by atoms with Crippen LogP contribution in [-0.4, -0.2) is 26.4 Å². The van der Waals surface area contributed by atoms with Crippen molar-refractivity contribution in [1.82, 2.24) is 0 Å². The van der Waals surface area contributed by atoms with Gasteiger partial charge in [-0.1, -0.05) is 30.3 Å². The molecule has 5 heteroatoms. The van der Waals surface area contributed by atoms with Gasteiger partial charge in [0.25, 0.3) is 0 Å². The molecule has 1 N–H and O–H groups in total. The number of sulfone groups is 1. The molecule has 21 heavy (non-hydrogen) atoms. The third-order valence-corrected chi connectivity index (χ3v) is 4.27. The number of aliphatic hydroxyl groups is 1. The van der Waals surface area contributed by atoms with E-state index in [1.807, 2.05) is 19.1 Å². The second-order valence-corrected chi connectivity index (χ2v) is 6.73. The minimum atomic E-state index is -3.23. The topological polar surface area (TPSA) is 63.6 Å². The number of benzene rings is 2. The number of ether oxygens (including phenoxy) is 1. The van der Waals surface area contributed by atoms with Crippen molar-refractivity contribution >= 4 is 9.84 Å². The van der Waals surface area contributed by atoms with Gasteiger partial charge in [-0.25, -0.2) is 8.42 Å². The van der Waals surface area contributed by atoms with Crippen LogP contribution >= 0.6 is 0 Å². The van der Waals surface area contributed by atoms with Crippen LogP contribution in [0.3, 0.4) is 0 Å². The second-order valence-electron chi connectivity index (χ2n) is 4.71. The number of rotatable bonds is 5. The maximum absolute atomic E-state index is 11.4. The van der Waals surface area contributed by atoms with E-state index in [1.54, 1.807) is 24.3 Å². The number of para-hydroxylation sites is 1. The zero-order valence-electron chi connectivity index (χ0n) is 12.0. The quantitative estimate of drug-likeness (QED) is 0.922. The summed E-state index contributed by atoms with van der Waals surface area (Å²) in [5.41, 5.74) is 1.28. The second kappa shape index (κ2) is 6.28. The van der Waals surface area contributed by atoms with E-state index < -0.39 is 15.9 Å². The van der Waals surface area contributed by atoms with Crippen molar-refractivity contribution in [3.63, 3.8) is 0 Å². The summed E-state index contributed by atoms with van der Waals surface area (Å²) in [6.07, 6.45) is 0.296. The van der Waals surface area contributed by atoms with Crippen LogP contribution < -0.4 is 4.74 Å². The SMILES string of the molecule is CCOc1ccccc1C(O)c1ccc(S(C)(=O)=O)cc1. The summed E-state index contributed by atoms with van der Waals surface area (Å²) in [4.78, 5) is 0.233. The molecule has 0 fully saturated rings. The van der Waals surface area contributed by atoms with Gasteiger partial charge in [-0.3, -0.25) is 0 Å². The highest BCUT2D eigenvalue weighted by Crippen LogP contribution is 2.30. The first kappa shape index (κ1) is 15.5. The molecular weight excluding hydrogens is 288 g/mol. The van der Waals surface area contributed by atoms with Gasteiger partial charge in [0.2, 0.25) is 0 Å². The molecule has 1 atom stereocenters. The Morgan fingerprint density at radius 2 is 1.71 bits per heavy atom. The Bertz CT molecular complexity index is 705. The maximum atomic E-state index is 11.4. The average molecular weight is 306 g/mol. The largest absolute Gasteiger partial charge is 0.493 e. The summed E-state index contributed by atoms with van der Waals surface area (Å²) in [5.74, 6) is 0.625. The lowest BCUT2D eigenvalue weighted by Gasteiger charge is -2.16. The normalized spacial score (nSPS) is 12.9. The maximum Gasteiger partial charge on any atom is 0.175 e. The molecule has 2 rings (SSSR count). The lowest BCUT2D eigenvalue weighted by atomic mass is 10.0. The van der Waals surface area contributed by atoms with Crippen molar-refractivity contribution in [3.05, 3.63) is 59.7 Å². The van der Waals surface area contributed by atoms with E-state index >= 15 is 0 Å². The predicted molar refractivity (Wildman–Crippen MR) is 81.2 cm³/mol. The fraction of sp³-hybridized carbons (Fsp3) is 0.250. The summed E-state index contributed by atoms with van der Waals surface area (Å²) in [7, 11) is -3.23. The highest BCUT2D eigenvalue weighted by atomic mass is 32.2. The predicted octanol–water partition coefficient (Wildman–Crippen LogP) is 2.57. The zero-order valence-corrected chi connectivity index (χ0v) is 12.8. The van der Waals surface area contributed by atoms with E-state index in [1.165, 1.54) is 12.1 Å². The molecule has 112 valence electrons. The fourth-order valence-electron chi connectivity index (χ4n) is 2.07. The van der Waals surface area contributed by atoms with E-state index in [0.717, 1.165) is 6.26 Å². The van der Waals surface area contributed by atoms with Gasteiger partial charge >= 0.3 is 0 Å². The van der Waals surface area contributed by atoms with Gasteiger partial charge in [-0.2, -0.15) is 0 Å². The molecule has 0 aliphatic heterocycles.